The number of nitriles is 1. The molecule has 0 aliphatic carbocycles. The van der Waals surface area contributed by atoms with E-state index in [0.29, 0.717) is 5.69 Å². The average molecular weight is 347 g/mol. The summed E-state index contributed by atoms with van der Waals surface area (Å²) in [6.45, 7) is 1.71. The Morgan fingerprint density at radius 3 is 2.44 bits per heavy atom. The van der Waals surface area contributed by atoms with E-state index < -0.39 is 23.4 Å². The molecule has 2 aromatic rings. The van der Waals surface area contributed by atoms with Crippen molar-refractivity contribution in [3.8, 4) is 6.07 Å². The van der Waals surface area contributed by atoms with Gasteiger partial charge in [-0.1, -0.05) is 6.07 Å². The molecule has 0 amide bonds. The van der Waals surface area contributed by atoms with Gasteiger partial charge >= 0.3 is 6.18 Å². The number of carbonyl (C=O) groups is 1. The van der Waals surface area contributed by atoms with E-state index in [1.54, 1.807) is 33.2 Å². The van der Waals surface area contributed by atoms with E-state index >= 15 is 0 Å². The number of benzene rings is 1. The summed E-state index contributed by atoms with van der Waals surface area (Å²) in [6.07, 6.45) is -4.59. The molecule has 7 heteroatoms. The highest BCUT2D eigenvalue weighted by molar-refractivity contribution is 6.03. The predicted octanol–water partition coefficient (Wildman–Crippen LogP) is 3.96. The van der Waals surface area contributed by atoms with Crippen molar-refractivity contribution in [1.29, 1.82) is 5.26 Å². The van der Waals surface area contributed by atoms with Crippen LogP contribution in [0, 0.1) is 18.3 Å². The van der Waals surface area contributed by atoms with Crippen molar-refractivity contribution in [3.63, 3.8) is 0 Å². The molecular weight excluding hydrogens is 331 g/mol. The fourth-order valence-corrected chi connectivity index (χ4v) is 2.33. The van der Waals surface area contributed by atoms with Crippen LogP contribution < -0.4 is 4.90 Å². The molecule has 0 saturated carbocycles. The fourth-order valence-electron chi connectivity index (χ4n) is 2.33. The summed E-state index contributed by atoms with van der Waals surface area (Å²) < 4.78 is 39.4. The second-order valence-electron chi connectivity index (χ2n) is 5.79. The van der Waals surface area contributed by atoms with Gasteiger partial charge in [-0.2, -0.15) is 18.4 Å². The topological polar surface area (TPSA) is 57.0 Å². The van der Waals surface area contributed by atoms with Crippen molar-refractivity contribution < 1.29 is 18.0 Å². The molecule has 130 valence electrons. The van der Waals surface area contributed by atoms with Gasteiger partial charge in [-0.25, -0.2) is 0 Å². The molecule has 0 spiro atoms. The van der Waals surface area contributed by atoms with Crippen LogP contribution >= 0.6 is 0 Å². The number of ketones is 1. The first-order chi connectivity index (χ1) is 11.6. The molecule has 0 saturated heterocycles. The highest BCUT2D eigenvalue weighted by atomic mass is 19.4. The Balaban J connectivity index is 2.54. The normalized spacial score (nSPS) is 12.4. The maximum absolute atomic E-state index is 13.1. The quantitative estimate of drug-likeness (QED) is 0.786. The van der Waals surface area contributed by atoms with Gasteiger partial charge in [-0.05, 0) is 37.3 Å². The number of anilines is 1. The highest BCUT2D eigenvalue weighted by Gasteiger charge is 2.33. The van der Waals surface area contributed by atoms with Gasteiger partial charge in [0.1, 0.15) is 0 Å². The first-order valence-electron chi connectivity index (χ1n) is 7.40. The minimum absolute atomic E-state index is 0.173. The fraction of sp³-hybridized carbons (Fsp3) is 0.278. The lowest BCUT2D eigenvalue weighted by atomic mass is 9.93. The summed E-state index contributed by atoms with van der Waals surface area (Å²) in [5.41, 5.74) is -0.0451. The molecule has 1 aromatic carbocycles. The van der Waals surface area contributed by atoms with Crippen LogP contribution in [0.1, 0.15) is 33.2 Å². The number of Topliss-reactive ketones (excluding diaryl/α,β-unsaturated/α-hetero) is 1. The zero-order valence-corrected chi connectivity index (χ0v) is 13.9. The number of carbonyl (C=O) groups excluding carboxylic acids is 1. The van der Waals surface area contributed by atoms with Crippen molar-refractivity contribution in [2.75, 3.05) is 19.0 Å². The first kappa shape index (κ1) is 18.5. The van der Waals surface area contributed by atoms with E-state index in [9.17, 15) is 23.2 Å². The Morgan fingerprint density at radius 1 is 1.24 bits per heavy atom. The van der Waals surface area contributed by atoms with Crippen molar-refractivity contribution in [2.24, 2.45) is 0 Å². The Labute approximate surface area is 143 Å². The molecule has 1 heterocycles. The van der Waals surface area contributed by atoms with Crippen molar-refractivity contribution in [1.82, 2.24) is 4.98 Å². The van der Waals surface area contributed by atoms with E-state index in [0.717, 1.165) is 12.1 Å². The maximum atomic E-state index is 13.1. The summed E-state index contributed by atoms with van der Waals surface area (Å²) in [6, 6.07) is 9.79. The number of pyridine rings is 1. The Kier molecular flexibility index (Phi) is 5.12. The van der Waals surface area contributed by atoms with Crippen LogP contribution in [0.3, 0.4) is 0 Å². The van der Waals surface area contributed by atoms with Gasteiger partial charge in [-0.3, -0.25) is 9.78 Å². The number of hydrogen-bond donors (Lipinski definition) is 0. The minimum Gasteiger partial charge on any atom is -0.378 e. The lowest BCUT2D eigenvalue weighted by Gasteiger charge is -2.18. The van der Waals surface area contributed by atoms with Gasteiger partial charge in [0.2, 0.25) is 0 Å². The van der Waals surface area contributed by atoms with E-state index in [-0.39, 0.29) is 16.9 Å². The van der Waals surface area contributed by atoms with Gasteiger partial charge in [0, 0.05) is 31.0 Å². The van der Waals surface area contributed by atoms with Crippen LogP contribution in [0.2, 0.25) is 0 Å². The van der Waals surface area contributed by atoms with Crippen LogP contribution in [0.4, 0.5) is 18.9 Å². The molecule has 0 aliphatic rings. The number of aromatic nitrogens is 1. The van der Waals surface area contributed by atoms with Crippen molar-refractivity contribution in [3.05, 3.63) is 58.9 Å². The van der Waals surface area contributed by atoms with Crippen LogP contribution in [0.15, 0.2) is 36.4 Å². The number of hydrogen-bond acceptors (Lipinski definition) is 4. The van der Waals surface area contributed by atoms with Gasteiger partial charge in [0.05, 0.1) is 17.3 Å². The van der Waals surface area contributed by atoms with Crippen LogP contribution in [-0.2, 0) is 6.18 Å². The Hall–Kier alpha value is -2.88. The second-order valence-corrected chi connectivity index (χ2v) is 5.79. The van der Waals surface area contributed by atoms with E-state index in [2.05, 4.69) is 4.98 Å². The third kappa shape index (κ3) is 4.15. The standard InChI is InChI=1S/C18H16F3N3O/c1-11-5-4-6-16(23-11)15(10-22)17(25)12-7-13(18(19,20)21)9-14(8-12)24(2)3/h4-9,15H,1-3H3. The zero-order chi connectivity index (χ0) is 18.8. The number of halogens is 3. The molecule has 1 atom stereocenters. The summed E-state index contributed by atoms with van der Waals surface area (Å²) in [4.78, 5) is 18.3. The van der Waals surface area contributed by atoms with Crippen LogP contribution in [0.25, 0.3) is 0 Å². The molecule has 4 nitrogen and oxygen atoms in total. The molecule has 0 bridgehead atoms. The van der Waals surface area contributed by atoms with Gasteiger partial charge in [-0.15, -0.1) is 0 Å². The Morgan fingerprint density at radius 2 is 1.92 bits per heavy atom. The molecule has 1 unspecified atom stereocenters. The first-order valence-corrected chi connectivity index (χ1v) is 7.40. The lowest BCUT2D eigenvalue weighted by Crippen LogP contribution is -2.17. The maximum Gasteiger partial charge on any atom is 0.416 e. The predicted molar refractivity (Wildman–Crippen MR) is 87.4 cm³/mol. The Bertz CT molecular complexity index is 838. The van der Waals surface area contributed by atoms with E-state index in [1.807, 2.05) is 6.07 Å². The van der Waals surface area contributed by atoms with Crippen LogP contribution in [0.5, 0.6) is 0 Å². The molecule has 1 aromatic heterocycles. The summed E-state index contributed by atoms with van der Waals surface area (Å²) in [5, 5.41) is 9.37. The zero-order valence-electron chi connectivity index (χ0n) is 13.9. The summed E-state index contributed by atoms with van der Waals surface area (Å²) in [7, 11) is 3.15. The number of alkyl halides is 3. The van der Waals surface area contributed by atoms with E-state index in [4.69, 9.17) is 0 Å². The van der Waals surface area contributed by atoms with Crippen molar-refractivity contribution in [2.45, 2.75) is 19.0 Å². The van der Waals surface area contributed by atoms with Gasteiger partial charge in [0.15, 0.2) is 11.7 Å². The SMILES string of the molecule is Cc1cccc(C(C#N)C(=O)c2cc(N(C)C)cc(C(F)(F)F)c2)n1. The number of aryl methyl sites for hydroxylation is 1. The van der Waals surface area contributed by atoms with E-state index in [1.165, 1.54) is 17.0 Å². The highest BCUT2D eigenvalue weighted by Crippen LogP contribution is 2.33. The van der Waals surface area contributed by atoms with Gasteiger partial charge < -0.3 is 4.90 Å². The summed E-state index contributed by atoms with van der Waals surface area (Å²) >= 11 is 0. The molecule has 0 radical (unpaired) electrons. The molecule has 2 rings (SSSR count). The molecular formula is C18H16F3N3O. The molecule has 0 N–H and O–H groups in total. The largest absolute Gasteiger partial charge is 0.416 e. The average Bonchev–Trinajstić information content (AvgIpc) is 2.54. The third-order valence-electron chi connectivity index (χ3n) is 3.64. The number of nitrogens with zero attached hydrogens (tertiary/aromatic N) is 3. The number of rotatable bonds is 4. The third-order valence-corrected chi connectivity index (χ3v) is 3.64. The lowest BCUT2D eigenvalue weighted by molar-refractivity contribution is -0.137. The molecule has 25 heavy (non-hydrogen) atoms. The van der Waals surface area contributed by atoms with Crippen LogP contribution in [-0.4, -0.2) is 24.9 Å². The smallest absolute Gasteiger partial charge is 0.378 e. The van der Waals surface area contributed by atoms with Crippen molar-refractivity contribution >= 4 is 11.5 Å². The monoisotopic (exact) mass is 347 g/mol. The molecule has 0 fully saturated rings. The van der Waals surface area contributed by atoms with Gasteiger partial charge in [0.25, 0.3) is 0 Å². The molecule has 0 aliphatic heterocycles. The summed E-state index contributed by atoms with van der Waals surface area (Å²) in [5.74, 6) is -1.98. The second kappa shape index (κ2) is 6.93. The minimum atomic E-state index is -4.59.